The van der Waals surface area contributed by atoms with Crippen LogP contribution in [0, 0.1) is 0 Å². The van der Waals surface area contributed by atoms with Crippen LogP contribution in [0.2, 0.25) is 0 Å². The summed E-state index contributed by atoms with van der Waals surface area (Å²) in [6.45, 7) is 3.17. The Balaban J connectivity index is 2.30. The van der Waals surface area contributed by atoms with Crippen LogP contribution in [0.5, 0.6) is 5.75 Å². The molecule has 7 heteroatoms. The Hall–Kier alpha value is -2.80. The Morgan fingerprint density at radius 1 is 1.32 bits per heavy atom. The molecule has 1 aromatic rings. The number of aliphatic imine (C=N–C) groups is 1. The summed E-state index contributed by atoms with van der Waals surface area (Å²) in [6.07, 6.45) is 1.97. The third-order valence-electron chi connectivity index (χ3n) is 3.79. The number of hydrogen-bond acceptors (Lipinski definition) is 6. The summed E-state index contributed by atoms with van der Waals surface area (Å²) in [5, 5.41) is 3.32. The molecule has 0 spiro atoms. The summed E-state index contributed by atoms with van der Waals surface area (Å²) in [7, 11) is 3.25. The number of anilines is 1. The average molecular weight is 344 g/mol. The number of primary amides is 1. The first-order valence-corrected chi connectivity index (χ1v) is 7.91. The van der Waals surface area contributed by atoms with Crippen molar-refractivity contribution in [1.82, 2.24) is 0 Å². The predicted octanol–water partition coefficient (Wildman–Crippen LogP) is 1.31. The van der Waals surface area contributed by atoms with Crippen molar-refractivity contribution in [3.8, 4) is 5.75 Å². The normalized spacial score (nSPS) is 14.8. The molecule has 0 aromatic heterocycles. The number of nitrogens with zero attached hydrogens (tertiary/aromatic N) is 1. The molecule has 0 saturated carbocycles. The van der Waals surface area contributed by atoms with Gasteiger partial charge in [-0.15, -0.1) is 0 Å². The molecule has 0 fully saturated rings. The standard InChI is InChI=1S/C18H24N4O3/c1-11(19)16(18(20)23)17(21-2)13-8-12-4-5-14(25-7-6-24-3)9-15(12)22-10-13/h4-5,8-9,22H,6-7,10,19H2,1-3H3,(H2,20,23)/b16-11-,21-17-. The van der Waals surface area contributed by atoms with E-state index in [0.29, 0.717) is 31.2 Å². The van der Waals surface area contributed by atoms with Crippen molar-refractivity contribution in [2.24, 2.45) is 16.5 Å². The van der Waals surface area contributed by atoms with Crippen molar-refractivity contribution in [3.63, 3.8) is 0 Å². The lowest BCUT2D eigenvalue weighted by molar-refractivity contribution is -0.114. The lowest BCUT2D eigenvalue weighted by Gasteiger charge is -2.21. The number of methoxy groups -OCH3 is 1. The highest BCUT2D eigenvalue weighted by Gasteiger charge is 2.21. The van der Waals surface area contributed by atoms with Gasteiger partial charge in [-0.1, -0.05) is 0 Å². The Bertz CT molecular complexity index is 747. The van der Waals surface area contributed by atoms with Gasteiger partial charge in [0.1, 0.15) is 12.4 Å². The van der Waals surface area contributed by atoms with Gasteiger partial charge in [-0.3, -0.25) is 9.79 Å². The van der Waals surface area contributed by atoms with E-state index in [9.17, 15) is 4.79 Å². The molecule has 0 atom stereocenters. The van der Waals surface area contributed by atoms with E-state index in [4.69, 9.17) is 20.9 Å². The Morgan fingerprint density at radius 2 is 2.08 bits per heavy atom. The maximum absolute atomic E-state index is 11.7. The highest BCUT2D eigenvalue weighted by molar-refractivity contribution is 6.29. The fourth-order valence-electron chi connectivity index (χ4n) is 2.64. The second-order valence-electron chi connectivity index (χ2n) is 5.61. The number of allylic oxidation sites excluding steroid dienone is 1. The molecule has 7 nitrogen and oxygen atoms in total. The fraction of sp³-hybridized carbons (Fsp3) is 0.333. The fourth-order valence-corrected chi connectivity index (χ4v) is 2.64. The van der Waals surface area contributed by atoms with E-state index >= 15 is 0 Å². The van der Waals surface area contributed by atoms with Gasteiger partial charge in [0.25, 0.3) is 5.91 Å². The first-order valence-electron chi connectivity index (χ1n) is 7.91. The summed E-state index contributed by atoms with van der Waals surface area (Å²) in [5.41, 5.74) is 15.1. The van der Waals surface area contributed by atoms with E-state index in [0.717, 1.165) is 22.6 Å². The zero-order valence-corrected chi connectivity index (χ0v) is 14.8. The largest absolute Gasteiger partial charge is 0.491 e. The molecule has 0 saturated heterocycles. The van der Waals surface area contributed by atoms with Crippen LogP contribution in [0.3, 0.4) is 0 Å². The molecule has 1 amide bonds. The van der Waals surface area contributed by atoms with Gasteiger partial charge < -0.3 is 26.3 Å². The van der Waals surface area contributed by atoms with Crippen LogP contribution in [0.4, 0.5) is 5.69 Å². The van der Waals surface area contributed by atoms with Crippen LogP contribution in [0.25, 0.3) is 6.08 Å². The molecule has 134 valence electrons. The number of nitrogens with two attached hydrogens (primary N) is 2. The van der Waals surface area contributed by atoms with Crippen molar-refractivity contribution in [1.29, 1.82) is 0 Å². The van der Waals surface area contributed by atoms with E-state index in [1.165, 1.54) is 0 Å². The molecule has 1 aliphatic rings. The van der Waals surface area contributed by atoms with E-state index in [1.807, 2.05) is 24.3 Å². The molecule has 0 radical (unpaired) electrons. The van der Waals surface area contributed by atoms with Crippen LogP contribution >= 0.6 is 0 Å². The minimum atomic E-state index is -0.589. The number of benzene rings is 1. The summed E-state index contributed by atoms with van der Waals surface area (Å²) in [6, 6.07) is 5.76. The van der Waals surface area contributed by atoms with Gasteiger partial charge in [-0.25, -0.2) is 0 Å². The van der Waals surface area contributed by atoms with Crippen LogP contribution in [-0.4, -0.2) is 45.5 Å². The monoisotopic (exact) mass is 344 g/mol. The van der Waals surface area contributed by atoms with Gasteiger partial charge in [0, 0.05) is 38.2 Å². The Morgan fingerprint density at radius 3 is 2.68 bits per heavy atom. The van der Waals surface area contributed by atoms with Crippen molar-refractivity contribution in [2.75, 3.05) is 39.2 Å². The SMILES string of the molecule is C/N=C(C1=Cc2ccc(OCCOC)cc2NC1)\C(C(N)=O)=C(/C)N. The molecule has 1 heterocycles. The zero-order valence-electron chi connectivity index (χ0n) is 14.8. The molecular formula is C18H24N4O3. The van der Waals surface area contributed by atoms with E-state index in [-0.39, 0.29) is 5.57 Å². The van der Waals surface area contributed by atoms with Crippen molar-refractivity contribution < 1.29 is 14.3 Å². The first kappa shape index (κ1) is 18.5. The number of hydrogen-bond donors (Lipinski definition) is 3. The molecule has 0 bridgehead atoms. The topological polar surface area (TPSA) is 112 Å². The van der Waals surface area contributed by atoms with E-state index in [2.05, 4.69) is 10.3 Å². The molecule has 0 unspecified atom stereocenters. The Kier molecular flexibility index (Phi) is 6.19. The number of ether oxygens (including phenoxy) is 2. The average Bonchev–Trinajstić information content (AvgIpc) is 2.58. The number of amides is 1. The van der Waals surface area contributed by atoms with Crippen molar-refractivity contribution in [2.45, 2.75) is 6.92 Å². The van der Waals surface area contributed by atoms with E-state index < -0.39 is 5.91 Å². The summed E-state index contributed by atoms with van der Waals surface area (Å²) in [4.78, 5) is 16.0. The minimum Gasteiger partial charge on any atom is -0.491 e. The molecular weight excluding hydrogens is 320 g/mol. The summed E-state index contributed by atoms with van der Waals surface area (Å²) >= 11 is 0. The van der Waals surface area contributed by atoms with Gasteiger partial charge >= 0.3 is 0 Å². The molecule has 2 rings (SSSR count). The van der Waals surface area contributed by atoms with Crippen LogP contribution < -0.4 is 21.5 Å². The van der Waals surface area contributed by atoms with Crippen molar-refractivity contribution >= 4 is 23.4 Å². The van der Waals surface area contributed by atoms with Gasteiger partial charge in [0.2, 0.25) is 0 Å². The second kappa shape index (κ2) is 8.34. The highest BCUT2D eigenvalue weighted by Crippen LogP contribution is 2.29. The smallest absolute Gasteiger partial charge is 0.252 e. The Labute approximate surface area is 147 Å². The second-order valence-corrected chi connectivity index (χ2v) is 5.61. The molecule has 1 aliphatic heterocycles. The van der Waals surface area contributed by atoms with Crippen molar-refractivity contribution in [3.05, 3.63) is 40.6 Å². The predicted molar refractivity (Wildman–Crippen MR) is 99.7 cm³/mol. The number of carbonyl (C=O) groups excluding carboxylic acids is 1. The third kappa shape index (κ3) is 4.39. The van der Waals surface area contributed by atoms with Gasteiger partial charge in [0.15, 0.2) is 0 Å². The first-order chi connectivity index (χ1) is 12.0. The maximum Gasteiger partial charge on any atom is 0.252 e. The van der Waals surface area contributed by atoms with E-state index in [1.54, 1.807) is 21.1 Å². The van der Waals surface area contributed by atoms with Gasteiger partial charge in [-0.2, -0.15) is 0 Å². The van der Waals surface area contributed by atoms with Crippen LogP contribution in [0.15, 0.2) is 40.0 Å². The quantitative estimate of drug-likeness (QED) is 0.392. The lowest BCUT2D eigenvalue weighted by atomic mass is 9.95. The van der Waals surface area contributed by atoms with Gasteiger partial charge in [0.05, 0.1) is 17.9 Å². The summed E-state index contributed by atoms with van der Waals surface area (Å²) < 4.78 is 10.6. The van der Waals surface area contributed by atoms with Crippen LogP contribution in [-0.2, 0) is 9.53 Å². The molecule has 5 N–H and O–H groups in total. The molecule has 0 aliphatic carbocycles. The van der Waals surface area contributed by atoms with Gasteiger partial charge in [-0.05, 0) is 36.3 Å². The minimum absolute atomic E-state index is 0.249. The summed E-state index contributed by atoms with van der Waals surface area (Å²) in [5.74, 6) is 0.175. The molecule has 25 heavy (non-hydrogen) atoms. The zero-order chi connectivity index (χ0) is 18.4. The number of rotatable bonds is 7. The lowest BCUT2D eigenvalue weighted by Crippen LogP contribution is -2.28. The molecule has 1 aromatic carbocycles. The number of nitrogens with one attached hydrogen (secondary N) is 1. The maximum atomic E-state index is 11.7. The number of fused-ring (bicyclic) bond motifs is 1. The number of carbonyl (C=O) groups is 1. The van der Waals surface area contributed by atoms with Crippen LogP contribution in [0.1, 0.15) is 12.5 Å². The third-order valence-corrected chi connectivity index (χ3v) is 3.79. The highest BCUT2D eigenvalue weighted by atomic mass is 16.5.